The molecule has 21 heavy (non-hydrogen) atoms. The van der Waals surface area contributed by atoms with E-state index in [1.807, 2.05) is 27.7 Å². The van der Waals surface area contributed by atoms with Crippen molar-refractivity contribution >= 4 is 0 Å². The van der Waals surface area contributed by atoms with Gasteiger partial charge in [-0.05, 0) is 13.8 Å². The Morgan fingerprint density at radius 2 is 2.05 bits per heavy atom. The summed E-state index contributed by atoms with van der Waals surface area (Å²) in [5, 5.41) is 12.8. The van der Waals surface area contributed by atoms with Crippen LogP contribution in [0.1, 0.15) is 25.2 Å². The Morgan fingerprint density at radius 1 is 1.33 bits per heavy atom. The summed E-state index contributed by atoms with van der Waals surface area (Å²) in [4.78, 5) is 4.31. The molecule has 0 aromatic carbocycles. The number of nitrogens with one attached hydrogen (secondary N) is 1. The van der Waals surface area contributed by atoms with E-state index in [2.05, 4.69) is 10.3 Å². The Kier molecular flexibility index (Phi) is 7.42. The molecule has 1 atom stereocenters. The number of aryl methyl sites for hydroxylation is 2. The number of hydrogen-bond donors (Lipinski definition) is 2. The molecule has 1 aromatic rings. The van der Waals surface area contributed by atoms with Crippen LogP contribution in [0.5, 0.6) is 11.5 Å². The highest BCUT2D eigenvalue weighted by Gasteiger charge is 2.11. The van der Waals surface area contributed by atoms with Crippen LogP contribution in [0.2, 0.25) is 0 Å². The highest BCUT2D eigenvalue weighted by molar-refractivity contribution is 5.43. The third-order valence-electron chi connectivity index (χ3n) is 2.81. The second-order valence-corrected chi connectivity index (χ2v) is 5.23. The number of aliphatic hydroxyl groups is 1. The van der Waals surface area contributed by atoms with Crippen LogP contribution >= 0.6 is 0 Å². The Bertz CT molecular complexity index is 438. The maximum atomic E-state index is 9.71. The van der Waals surface area contributed by atoms with Gasteiger partial charge in [-0.25, -0.2) is 0 Å². The average Bonchev–Trinajstić information content (AvgIpc) is 2.41. The molecule has 1 rings (SSSR count). The highest BCUT2D eigenvalue weighted by Crippen LogP contribution is 2.30. The first kappa shape index (κ1) is 17.7. The van der Waals surface area contributed by atoms with E-state index in [-0.39, 0.29) is 13.4 Å². The second kappa shape index (κ2) is 8.81. The lowest BCUT2D eigenvalue weighted by Gasteiger charge is -2.16. The van der Waals surface area contributed by atoms with Gasteiger partial charge in [0.25, 0.3) is 0 Å². The van der Waals surface area contributed by atoms with Gasteiger partial charge in [-0.15, -0.1) is 0 Å². The predicted molar refractivity (Wildman–Crippen MR) is 80.9 cm³/mol. The number of nitrogens with zero attached hydrogens (tertiary/aromatic N) is 1. The summed E-state index contributed by atoms with van der Waals surface area (Å²) in [6, 6.07) is 2.13. The zero-order valence-electron chi connectivity index (χ0n) is 13.5. The number of aromatic nitrogens is 1. The number of ether oxygens (including phenoxy) is 3. The van der Waals surface area contributed by atoms with Gasteiger partial charge < -0.3 is 24.6 Å². The molecule has 0 spiro atoms. The summed E-state index contributed by atoms with van der Waals surface area (Å²) in [5.41, 5.74) is 1.62. The van der Waals surface area contributed by atoms with Crippen molar-refractivity contribution in [2.45, 2.75) is 39.8 Å². The summed E-state index contributed by atoms with van der Waals surface area (Å²) in [5.74, 6) is 1.20. The van der Waals surface area contributed by atoms with E-state index >= 15 is 0 Å². The van der Waals surface area contributed by atoms with Gasteiger partial charge in [0.05, 0.1) is 25.5 Å². The quantitative estimate of drug-likeness (QED) is 0.530. The van der Waals surface area contributed by atoms with Gasteiger partial charge in [0, 0.05) is 24.3 Å². The normalized spacial score (nSPS) is 12.5. The summed E-state index contributed by atoms with van der Waals surface area (Å²) in [7, 11) is 1.58. The molecule has 0 aliphatic carbocycles. The molecule has 6 nitrogen and oxygen atoms in total. The molecule has 0 radical (unpaired) electrons. The van der Waals surface area contributed by atoms with Crippen molar-refractivity contribution in [3.8, 4) is 11.5 Å². The number of methoxy groups -OCH3 is 1. The Balaban J connectivity index is 2.39. The van der Waals surface area contributed by atoms with Crippen molar-refractivity contribution in [1.82, 2.24) is 10.3 Å². The van der Waals surface area contributed by atoms with Crippen molar-refractivity contribution in [1.29, 1.82) is 0 Å². The molecule has 1 aromatic heterocycles. The molecule has 1 unspecified atom stereocenters. The Labute approximate surface area is 126 Å². The minimum Gasteiger partial charge on any atom is -0.491 e. The summed E-state index contributed by atoms with van der Waals surface area (Å²) >= 11 is 0. The Morgan fingerprint density at radius 3 is 2.67 bits per heavy atom. The van der Waals surface area contributed by atoms with E-state index < -0.39 is 6.10 Å². The highest BCUT2D eigenvalue weighted by atomic mass is 16.7. The van der Waals surface area contributed by atoms with E-state index in [9.17, 15) is 5.11 Å². The minimum absolute atomic E-state index is 0.0536. The molecule has 0 saturated heterocycles. The summed E-state index contributed by atoms with van der Waals surface area (Å²) in [6.07, 6.45) is -0.557. The molecular formula is C15H26N2O4. The molecule has 0 amide bonds. The first-order chi connectivity index (χ1) is 9.93. The van der Waals surface area contributed by atoms with Crippen molar-refractivity contribution in [3.05, 3.63) is 17.5 Å². The van der Waals surface area contributed by atoms with Gasteiger partial charge in [-0.3, -0.25) is 4.98 Å². The lowest BCUT2D eigenvalue weighted by molar-refractivity contribution is -0.0299. The van der Waals surface area contributed by atoms with Crippen LogP contribution in [0.25, 0.3) is 0 Å². The Hall–Kier alpha value is -1.37. The molecule has 120 valence electrons. The van der Waals surface area contributed by atoms with Crippen LogP contribution < -0.4 is 14.8 Å². The molecule has 6 heteroatoms. The smallest absolute Gasteiger partial charge is 0.189 e. The lowest BCUT2D eigenvalue weighted by Crippen LogP contribution is -2.34. The van der Waals surface area contributed by atoms with Gasteiger partial charge in [0.2, 0.25) is 0 Å². The third kappa shape index (κ3) is 6.29. The fraction of sp³-hybridized carbons (Fsp3) is 0.667. The van der Waals surface area contributed by atoms with Crippen LogP contribution in [0.3, 0.4) is 0 Å². The standard InChI is InChI=1S/C15H26N2O4/c1-10(2)16-7-13(18)8-20-9-21-14-6-11(3)17-12(4)15(14)19-5/h6,10,13,16,18H,7-9H2,1-5H3. The van der Waals surface area contributed by atoms with Crippen molar-refractivity contribution in [2.24, 2.45) is 0 Å². The SMILES string of the molecule is COc1c(OCOCC(O)CNC(C)C)cc(C)nc1C. The molecule has 1 heterocycles. The van der Waals surface area contributed by atoms with Gasteiger partial charge in [-0.1, -0.05) is 13.8 Å². The first-order valence-electron chi connectivity index (χ1n) is 7.08. The molecular weight excluding hydrogens is 272 g/mol. The fourth-order valence-electron chi connectivity index (χ4n) is 1.86. The van der Waals surface area contributed by atoms with Crippen molar-refractivity contribution < 1.29 is 19.3 Å². The largest absolute Gasteiger partial charge is 0.491 e. The molecule has 0 fully saturated rings. The summed E-state index contributed by atoms with van der Waals surface area (Å²) < 4.78 is 16.1. The van der Waals surface area contributed by atoms with E-state index in [0.717, 1.165) is 11.4 Å². The number of aliphatic hydroxyl groups excluding tert-OH is 1. The minimum atomic E-state index is -0.557. The fourth-order valence-corrected chi connectivity index (χ4v) is 1.86. The van der Waals surface area contributed by atoms with Gasteiger partial charge >= 0.3 is 0 Å². The van der Waals surface area contributed by atoms with Crippen LogP contribution in [0, 0.1) is 13.8 Å². The average molecular weight is 298 g/mol. The van der Waals surface area contributed by atoms with Crippen molar-refractivity contribution in [2.75, 3.05) is 27.1 Å². The first-order valence-corrected chi connectivity index (χ1v) is 7.08. The predicted octanol–water partition coefficient (Wildman–Crippen LogP) is 1.42. The maximum Gasteiger partial charge on any atom is 0.189 e. The topological polar surface area (TPSA) is 72.8 Å². The number of hydrogen-bond acceptors (Lipinski definition) is 6. The number of rotatable bonds is 9. The monoisotopic (exact) mass is 298 g/mol. The van der Waals surface area contributed by atoms with Crippen molar-refractivity contribution in [3.63, 3.8) is 0 Å². The van der Waals surface area contributed by atoms with Gasteiger partial charge in [0.1, 0.15) is 0 Å². The van der Waals surface area contributed by atoms with E-state index in [0.29, 0.717) is 24.1 Å². The van der Waals surface area contributed by atoms with Crippen LogP contribution in [0.15, 0.2) is 6.07 Å². The lowest BCUT2D eigenvalue weighted by atomic mass is 10.3. The molecule has 0 aliphatic heterocycles. The van der Waals surface area contributed by atoms with Crippen LogP contribution in [-0.2, 0) is 4.74 Å². The molecule has 0 bridgehead atoms. The zero-order chi connectivity index (χ0) is 15.8. The van der Waals surface area contributed by atoms with Gasteiger partial charge in [0.15, 0.2) is 18.3 Å². The molecule has 2 N–H and O–H groups in total. The van der Waals surface area contributed by atoms with E-state index in [1.165, 1.54) is 0 Å². The van der Waals surface area contributed by atoms with Crippen LogP contribution in [0.4, 0.5) is 0 Å². The third-order valence-corrected chi connectivity index (χ3v) is 2.81. The van der Waals surface area contributed by atoms with Crippen LogP contribution in [-0.4, -0.2) is 49.3 Å². The van der Waals surface area contributed by atoms with E-state index in [1.54, 1.807) is 13.2 Å². The van der Waals surface area contributed by atoms with E-state index in [4.69, 9.17) is 14.2 Å². The maximum absolute atomic E-state index is 9.71. The van der Waals surface area contributed by atoms with Gasteiger partial charge in [-0.2, -0.15) is 0 Å². The second-order valence-electron chi connectivity index (χ2n) is 5.23. The molecule has 0 aliphatic rings. The summed E-state index contributed by atoms with van der Waals surface area (Å²) in [6.45, 7) is 8.56. The molecule has 0 saturated carbocycles. The number of pyridine rings is 1. The zero-order valence-corrected chi connectivity index (χ0v) is 13.5.